The summed E-state index contributed by atoms with van der Waals surface area (Å²) in [6.45, 7) is 7.01. The van der Waals surface area contributed by atoms with Crippen molar-refractivity contribution in [3.8, 4) is 0 Å². The molecule has 1 heterocycles. The third kappa shape index (κ3) is 6.00. The van der Waals surface area contributed by atoms with Gasteiger partial charge in [-0.2, -0.15) is 11.8 Å². The van der Waals surface area contributed by atoms with E-state index in [4.69, 9.17) is 4.99 Å². The molecule has 0 bridgehead atoms. The fourth-order valence-corrected chi connectivity index (χ4v) is 3.58. The van der Waals surface area contributed by atoms with E-state index in [1.807, 2.05) is 0 Å². The number of aryl methyl sites for hydroxylation is 1. The van der Waals surface area contributed by atoms with Gasteiger partial charge in [0.1, 0.15) is 0 Å². The summed E-state index contributed by atoms with van der Waals surface area (Å²) >= 11 is 2.06. The maximum Gasteiger partial charge on any atom is 0.191 e. The Labute approximate surface area is 133 Å². The van der Waals surface area contributed by atoms with E-state index in [1.165, 1.54) is 29.7 Å². The van der Waals surface area contributed by atoms with Crippen LogP contribution in [0.1, 0.15) is 30.9 Å². The zero-order valence-electron chi connectivity index (χ0n) is 13.2. The van der Waals surface area contributed by atoms with E-state index in [0.29, 0.717) is 0 Å². The third-order valence-electron chi connectivity index (χ3n) is 3.65. The highest BCUT2D eigenvalue weighted by atomic mass is 32.2. The minimum absolute atomic E-state index is 0.720. The van der Waals surface area contributed by atoms with Crippen LogP contribution < -0.4 is 10.6 Å². The largest absolute Gasteiger partial charge is 0.357 e. The quantitative estimate of drug-likeness (QED) is 0.626. The van der Waals surface area contributed by atoms with Crippen LogP contribution in [-0.2, 0) is 6.42 Å². The lowest BCUT2D eigenvalue weighted by molar-refractivity contribution is 0.761. The minimum atomic E-state index is 0.720. The summed E-state index contributed by atoms with van der Waals surface area (Å²) in [5.41, 5.74) is 2.69. The summed E-state index contributed by atoms with van der Waals surface area (Å²) < 4.78 is 0. The van der Waals surface area contributed by atoms with E-state index in [0.717, 1.165) is 37.3 Å². The number of aliphatic imine (C=N–C) groups is 1. The second-order valence-electron chi connectivity index (χ2n) is 5.52. The van der Waals surface area contributed by atoms with Crippen LogP contribution in [0.25, 0.3) is 0 Å². The Morgan fingerprint density at radius 1 is 1.29 bits per heavy atom. The molecule has 1 saturated heterocycles. The summed E-state index contributed by atoms with van der Waals surface area (Å²) in [6, 6.07) is 8.75. The first-order valence-electron chi connectivity index (χ1n) is 7.97. The smallest absolute Gasteiger partial charge is 0.191 e. The Morgan fingerprint density at radius 2 is 2.10 bits per heavy atom. The van der Waals surface area contributed by atoms with Gasteiger partial charge in [0.05, 0.1) is 6.54 Å². The van der Waals surface area contributed by atoms with Crippen LogP contribution >= 0.6 is 11.8 Å². The van der Waals surface area contributed by atoms with Gasteiger partial charge < -0.3 is 10.6 Å². The molecule has 0 aliphatic carbocycles. The van der Waals surface area contributed by atoms with Gasteiger partial charge in [0.2, 0.25) is 0 Å². The predicted molar refractivity (Wildman–Crippen MR) is 94.3 cm³/mol. The van der Waals surface area contributed by atoms with Crippen LogP contribution in [-0.4, -0.2) is 36.6 Å². The summed E-state index contributed by atoms with van der Waals surface area (Å²) in [6.07, 6.45) is 3.70. The number of hydrogen-bond acceptors (Lipinski definition) is 2. The van der Waals surface area contributed by atoms with E-state index in [2.05, 4.69) is 60.5 Å². The summed E-state index contributed by atoms with van der Waals surface area (Å²) in [4.78, 5) is 4.71. The van der Waals surface area contributed by atoms with Crippen molar-refractivity contribution in [2.45, 2.75) is 38.4 Å². The minimum Gasteiger partial charge on any atom is -0.357 e. The van der Waals surface area contributed by atoms with E-state index in [9.17, 15) is 0 Å². The lowest BCUT2D eigenvalue weighted by Gasteiger charge is -2.12. The maximum atomic E-state index is 4.71. The lowest BCUT2D eigenvalue weighted by atomic mass is 10.1. The van der Waals surface area contributed by atoms with Crippen molar-refractivity contribution in [3.05, 3.63) is 35.4 Å². The molecule has 1 unspecified atom stereocenters. The molecule has 2 N–H and O–H groups in total. The van der Waals surface area contributed by atoms with Gasteiger partial charge in [-0.15, -0.1) is 0 Å². The Kier molecular flexibility index (Phi) is 6.93. The van der Waals surface area contributed by atoms with Crippen LogP contribution in [0.2, 0.25) is 0 Å². The van der Waals surface area contributed by atoms with E-state index >= 15 is 0 Å². The van der Waals surface area contributed by atoms with Gasteiger partial charge in [-0.25, -0.2) is 0 Å². The van der Waals surface area contributed by atoms with Crippen molar-refractivity contribution in [1.82, 2.24) is 10.6 Å². The third-order valence-corrected chi connectivity index (χ3v) is 5.03. The SMILES string of the molecule is CCNC(=NCC1CCCS1)NCCc1ccc(C)cc1. The van der Waals surface area contributed by atoms with Crippen molar-refractivity contribution in [2.24, 2.45) is 4.99 Å². The summed E-state index contributed by atoms with van der Waals surface area (Å²) in [5, 5.41) is 7.49. The van der Waals surface area contributed by atoms with Gasteiger partial charge in [-0.1, -0.05) is 29.8 Å². The number of thioether (sulfide) groups is 1. The molecule has 1 aliphatic rings. The molecule has 3 nitrogen and oxygen atoms in total. The molecule has 1 aromatic carbocycles. The number of nitrogens with one attached hydrogen (secondary N) is 2. The average molecular weight is 305 g/mol. The highest BCUT2D eigenvalue weighted by Crippen LogP contribution is 2.25. The van der Waals surface area contributed by atoms with Gasteiger partial charge in [0, 0.05) is 18.3 Å². The van der Waals surface area contributed by atoms with Crippen LogP contribution in [0.3, 0.4) is 0 Å². The van der Waals surface area contributed by atoms with Crippen LogP contribution in [0, 0.1) is 6.92 Å². The van der Waals surface area contributed by atoms with E-state index < -0.39 is 0 Å². The zero-order valence-corrected chi connectivity index (χ0v) is 14.0. The molecule has 0 amide bonds. The second-order valence-corrected chi connectivity index (χ2v) is 6.93. The standard InChI is InChI=1S/C17H27N3S/c1-3-18-17(20-13-16-5-4-12-21-16)19-11-10-15-8-6-14(2)7-9-15/h6-9,16H,3-5,10-13H2,1-2H3,(H2,18,19,20). The highest BCUT2D eigenvalue weighted by Gasteiger charge is 2.14. The molecule has 0 spiro atoms. The number of benzene rings is 1. The van der Waals surface area contributed by atoms with Crippen LogP contribution in [0.15, 0.2) is 29.3 Å². The van der Waals surface area contributed by atoms with Crippen molar-refractivity contribution >= 4 is 17.7 Å². The first-order valence-corrected chi connectivity index (χ1v) is 9.02. The molecule has 21 heavy (non-hydrogen) atoms. The summed E-state index contributed by atoms with van der Waals surface area (Å²) in [7, 11) is 0. The molecule has 0 aromatic heterocycles. The average Bonchev–Trinajstić information content (AvgIpc) is 3.00. The number of guanidine groups is 1. The Bertz CT molecular complexity index is 436. The topological polar surface area (TPSA) is 36.4 Å². The van der Waals surface area contributed by atoms with Gasteiger partial charge in [-0.05, 0) is 44.4 Å². The molecule has 1 aromatic rings. The molecule has 0 saturated carbocycles. The molecule has 4 heteroatoms. The second kappa shape index (κ2) is 8.98. The normalized spacial score (nSPS) is 18.8. The van der Waals surface area contributed by atoms with Gasteiger partial charge in [-0.3, -0.25) is 4.99 Å². The Morgan fingerprint density at radius 3 is 2.76 bits per heavy atom. The molecule has 0 radical (unpaired) electrons. The number of rotatable bonds is 6. The molecular weight excluding hydrogens is 278 g/mol. The molecule has 1 fully saturated rings. The van der Waals surface area contributed by atoms with Gasteiger partial charge >= 0.3 is 0 Å². The number of hydrogen-bond donors (Lipinski definition) is 2. The maximum absolute atomic E-state index is 4.71. The zero-order chi connectivity index (χ0) is 14.9. The first kappa shape index (κ1) is 16.2. The van der Waals surface area contributed by atoms with Gasteiger partial charge in [0.15, 0.2) is 5.96 Å². The van der Waals surface area contributed by atoms with Crippen LogP contribution in [0.5, 0.6) is 0 Å². The molecular formula is C17H27N3S. The monoisotopic (exact) mass is 305 g/mol. The van der Waals surface area contributed by atoms with Crippen LogP contribution in [0.4, 0.5) is 0 Å². The Balaban J connectivity index is 1.76. The Hall–Kier alpha value is -1.16. The molecule has 1 atom stereocenters. The van der Waals surface area contributed by atoms with Crippen molar-refractivity contribution in [3.63, 3.8) is 0 Å². The predicted octanol–water partition coefficient (Wildman–Crippen LogP) is 2.99. The molecule has 2 rings (SSSR count). The van der Waals surface area contributed by atoms with Crippen molar-refractivity contribution in [2.75, 3.05) is 25.4 Å². The molecule has 1 aliphatic heterocycles. The first-order chi connectivity index (χ1) is 10.3. The molecule has 116 valence electrons. The van der Waals surface area contributed by atoms with Gasteiger partial charge in [0.25, 0.3) is 0 Å². The fraction of sp³-hybridized carbons (Fsp3) is 0.588. The summed E-state index contributed by atoms with van der Waals surface area (Å²) in [5.74, 6) is 2.26. The highest BCUT2D eigenvalue weighted by molar-refractivity contribution is 8.00. The van der Waals surface area contributed by atoms with E-state index in [1.54, 1.807) is 0 Å². The van der Waals surface area contributed by atoms with E-state index in [-0.39, 0.29) is 0 Å². The fourth-order valence-electron chi connectivity index (χ4n) is 2.40. The van der Waals surface area contributed by atoms with Crippen molar-refractivity contribution < 1.29 is 0 Å². The van der Waals surface area contributed by atoms with Crippen molar-refractivity contribution in [1.29, 1.82) is 0 Å². The lowest BCUT2D eigenvalue weighted by Crippen LogP contribution is -2.38. The number of nitrogens with zero attached hydrogens (tertiary/aromatic N) is 1.